The number of likely N-dealkylation sites (tertiary alicyclic amines) is 1. The van der Waals surface area contributed by atoms with E-state index in [1.165, 1.54) is 0 Å². The first-order valence-corrected chi connectivity index (χ1v) is 6.04. The van der Waals surface area contributed by atoms with Gasteiger partial charge in [0.2, 0.25) is 5.91 Å². The van der Waals surface area contributed by atoms with E-state index >= 15 is 0 Å². The number of rotatable bonds is 3. The molecule has 15 heavy (non-hydrogen) atoms. The normalized spacial score (nSPS) is 27.1. The Labute approximate surface area is 93.0 Å². The summed E-state index contributed by atoms with van der Waals surface area (Å²) in [6.45, 7) is 8.11. The molecule has 2 N–H and O–H groups in total. The van der Waals surface area contributed by atoms with E-state index in [4.69, 9.17) is 5.73 Å². The minimum Gasteiger partial charge on any atom is -0.341 e. The molecule has 3 nitrogen and oxygen atoms in total. The van der Waals surface area contributed by atoms with Gasteiger partial charge in [0.1, 0.15) is 0 Å². The minimum atomic E-state index is 0.168. The quantitative estimate of drug-likeness (QED) is 0.772. The lowest BCUT2D eigenvalue weighted by Crippen LogP contribution is -2.49. The molecule has 1 heterocycles. The van der Waals surface area contributed by atoms with Gasteiger partial charge in [-0.25, -0.2) is 0 Å². The highest BCUT2D eigenvalue weighted by atomic mass is 16.2. The molecule has 2 atom stereocenters. The lowest BCUT2D eigenvalue weighted by Gasteiger charge is -2.35. The number of carbonyl (C=O) groups is 1. The van der Waals surface area contributed by atoms with Gasteiger partial charge in [-0.15, -0.1) is 0 Å². The van der Waals surface area contributed by atoms with Crippen LogP contribution in [-0.4, -0.2) is 29.9 Å². The molecule has 1 saturated heterocycles. The van der Waals surface area contributed by atoms with Gasteiger partial charge in [0.05, 0.1) is 0 Å². The highest BCUT2D eigenvalue weighted by Crippen LogP contribution is 2.17. The van der Waals surface area contributed by atoms with E-state index in [9.17, 15) is 4.79 Å². The molecule has 1 aliphatic heterocycles. The number of nitrogens with zero attached hydrogens (tertiary/aromatic N) is 1. The molecule has 1 rings (SSSR count). The van der Waals surface area contributed by atoms with Gasteiger partial charge in [-0.2, -0.15) is 0 Å². The number of piperidine rings is 1. The molecule has 2 unspecified atom stereocenters. The third-order valence-corrected chi connectivity index (χ3v) is 3.30. The Bertz CT molecular complexity index is 216. The first kappa shape index (κ1) is 12.5. The van der Waals surface area contributed by atoms with Gasteiger partial charge in [0.15, 0.2) is 0 Å². The molecule has 88 valence electrons. The summed E-state index contributed by atoms with van der Waals surface area (Å²) in [6, 6.07) is 0.168. The molecule has 0 saturated carbocycles. The summed E-state index contributed by atoms with van der Waals surface area (Å²) >= 11 is 0. The summed E-state index contributed by atoms with van der Waals surface area (Å²) in [4.78, 5) is 13.8. The fourth-order valence-corrected chi connectivity index (χ4v) is 1.90. The van der Waals surface area contributed by atoms with E-state index in [-0.39, 0.29) is 11.9 Å². The van der Waals surface area contributed by atoms with Crippen molar-refractivity contribution >= 4 is 5.91 Å². The lowest BCUT2D eigenvalue weighted by atomic mass is 9.94. The van der Waals surface area contributed by atoms with Gasteiger partial charge in [-0.1, -0.05) is 20.8 Å². The van der Waals surface area contributed by atoms with E-state index in [0.29, 0.717) is 18.3 Å². The van der Waals surface area contributed by atoms with Gasteiger partial charge in [-0.3, -0.25) is 4.79 Å². The van der Waals surface area contributed by atoms with Crippen LogP contribution in [0, 0.1) is 11.8 Å². The SMILES string of the molecule is CC(C)CCC(=O)N1CCC(C)C(N)C1. The predicted octanol–water partition coefficient (Wildman–Crippen LogP) is 1.62. The van der Waals surface area contributed by atoms with Crippen LogP contribution in [0.4, 0.5) is 0 Å². The van der Waals surface area contributed by atoms with Crippen LogP contribution in [0.3, 0.4) is 0 Å². The molecule has 1 amide bonds. The van der Waals surface area contributed by atoms with Crippen LogP contribution < -0.4 is 5.73 Å². The van der Waals surface area contributed by atoms with Crippen LogP contribution in [0.2, 0.25) is 0 Å². The number of hydrogen-bond acceptors (Lipinski definition) is 2. The van der Waals surface area contributed by atoms with Gasteiger partial charge in [0, 0.05) is 25.6 Å². The maximum Gasteiger partial charge on any atom is 0.222 e. The van der Waals surface area contributed by atoms with E-state index in [1.807, 2.05) is 4.90 Å². The van der Waals surface area contributed by atoms with Crippen molar-refractivity contribution in [2.45, 2.75) is 46.1 Å². The monoisotopic (exact) mass is 212 g/mol. The molecule has 1 aliphatic rings. The van der Waals surface area contributed by atoms with E-state index in [0.717, 1.165) is 25.9 Å². The summed E-state index contributed by atoms with van der Waals surface area (Å²) in [5.74, 6) is 1.44. The second-order valence-electron chi connectivity index (χ2n) is 5.20. The van der Waals surface area contributed by atoms with Crippen molar-refractivity contribution in [3.63, 3.8) is 0 Å². The van der Waals surface area contributed by atoms with Gasteiger partial charge in [-0.05, 0) is 24.7 Å². The van der Waals surface area contributed by atoms with Crippen LogP contribution in [0.15, 0.2) is 0 Å². The molecule has 0 aromatic carbocycles. The average Bonchev–Trinajstić information content (AvgIpc) is 2.18. The standard InChI is InChI=1S/C12H24N2O/c1-9(2)4-5-12(15)14-7-6-10(3)11(13)8-14/h9-11H,4-8,13H2,1-3H3. The molecule has 0 aromatic rings. The van der Waals surface area contributed by atoms with E-state index in [1.54, 1.807) is 0 Å². The smallest absolute Gasteiger partial charge is 0.222 e. The fraction of sp³-hybridized carbons (Fsp3) is 0.917. The first-order chi connectivity index (χ1) is 7.00. The molecule has 0 radical (unpaired) electrons. The predicted molar refractivity (Wildman–Crippen MR) is 62.4 cm³/mol. The zero-order valence-corrected chi connectivity index (χ0v) is 10.2. The summed E-state index contributed by atoms with van der Waals surface area (Å²) in [6.07, 6.45) is 2.72. The maximum absolute atomic E-state index is 11.8. The topological polar surface area (TPSA) is 46.3 Å². The molecule has 0 bridgehead atoms. The molecule has 0 aromatic heterocycles. The van der Waals surface area contributed by atoms with Crippen molar-refractivity contribution in [1.29, 1.82) is 0 Å². The third-order valence-electron chi connectivity index (χ3n) is 3.30. The van der Waals surface area contributed by atoms with Crippen LogP contribution >= 0.6 is 0 Å². The Balaban J connectivity index is 2.34. The largest absolute Gasteiger partial charge is 0.341 e. The zero-order valence-electron chi connectivity index (χ0n) is 10.2. The Morgan fingerprint density at radius 3 is 2.73 bits per heavy atom. The van der Waals surface area contributed by atoms with Crippen molar-refractivity contribution in [1.82, 2.24) is 4.90 Å². The summed E-state index contributed by atoms with van der Waals surface area (Å²) in [5, 5.41) is 0. The summed E-state index contributed by atoms with van der Waals surface area (Å²) in [5.41, 5.74) is 5.97. The van der Waals surface area contributed by atoms with Gasteiger partial charge < -0.3 is 10.6 Å². The van der Waals surface area contributed by atoms with Crippen molar-refractivity contribution in [3.05, 3.63) is 0 Å². The van der Waals surface area contributed by atoms with Crippen molar-refractivity contribution in [2.24, 2.45) is 17.6 Å². The maximum atomic E-state index is 11.8. The van der Waals surface area contributed by atoms with Crippen molar-refractivity contribution < 1.29 is 4.79 Å². The van der Waals surface area contributed by atoms with Gasteiger partial charge >= 0.3 is 0 Å². The van der Waals surface area contributed by atoms with E-state index in [2.05, 4.69) is 20.8 Å². The minimum absolute atomic E-state index is 0.168. The molecule has 0 aliphatic carbocycles. The van der Waals surface area contributed by atoms with E-state index < -0.39 is 0 Å². The average molecular weight is 212 g/mol. The first-order valence-electron chi connectivity index (χ1n) is 6.04. The number of hydrogen-bond donors (Lipinski definition) is 1. The molecule has 1 fully saturated rings. The molecular formula is C12H24N2O. The van der Waals surface area contributed by atoms with Crippen LogP contribution in [0.1, 0.15) is 40.0 Å². The second kappa shape index (κ2) is 5.50. The molecule has 3 heteroatoms. The third kappa shape index (κ3) is 3.82. The number of carbonyl (C=O) groups excluding carboxylic acids is 1. The van der Waals surface area contributed by atoms with Crippen LogP contribution in [-0.2, 0) is 4.79 Å². The molecule has 0 spiro atoms. The summed E-state index contributed by atoms with van der Waals surface area (Å²) < 4.78 is 0. The number of nitrogens with two attached hydrogens (primary N) is 1. The van der Waals surface area contributed by atoms with Crippen LogP contribution in [0.25, 0.3) is 0 Å². The van der Waals surface area contributed by atoms with Crippen molar-refractivity contribution in [3.8, 4) is 0 Å². The lowest BCUT2D eigenvalue weighted by molar-refractivity contribution is -0.133. The Hall–Kier alpha value is -0.570. The van der Waals surface area contributed by atoms with Crippen molar-refractivity contribution in [2.75, 3.05) is 13.1 Å². The highest BCUT2D eigenvalue weighted by molar-refractivity contribution is 5.76. The van der Waals surface area contributed by atoms with Crippen LogP contribution in [0.5, 0.6) is 0 Å². The van der Waals surface area contributed by atoms with Gasteiger partial charge in [0.25, 0.3) is 0 Å². The fourth-order valence-electron chi connectivity index (χ4n) is 1.90. The highest BCUT2D eigenvalue weighted by Gasteiger charge is 2.25. The Morgan fingerprint density at radius 1 is 1.53 bits per heavy atom. The second-order valence-corrected chi connectivity index (χ2v) is 5.20. The summed E-state index contributed by atoms with van der Waals surface area (Å²) in [7, 11) is 0. The molecular weight excluding hydrogens is 188 g/mol. The Kier molecular flexibility index (Phi) is 4.58. The zero-order chi connectivity index (χ0) is 11.4. The number of amides is 1. The Morgan fingerprint density at radius 2 is 2.20 bits per heavy atom.